The number of carbonyl (C=O) groups is 1. The Bertz CT molecular complexity index is 1090. The molecular weight excluding hydrogens is 372 g/mol. The highest BCUT2D eigenvalue weighted by atomic mass is 32.2. The molecule has 0 atom stereocenters. The summed E-state index contributed by atoms with van der Waals surface area (Å²) in [6, 6.07) is 8.39. The lowest BCUT2D eigenvalue weighted by atomic mass is 10.1. The molecule has 0 aliphatic carbocycles. The van der Waals surface area contributed by atoms with E-state index in [-0.39, 0.29) is 16.7 Å². The van der Waals surface area contributed by atoms with Gasteiger partial charge in [0.25, 0.3) is 5.91 Å². The molecule has 0 aliphatic rings. The first-order chi connectivity index (χ1) is 12.3. The van der Waals surface area contributed by atoms with Gasteiger partial charge in [0, 0.05) is 10.4 Å². The summed E-state index contributed by atoms with van der Waals surface area (Å²) in [5.41, 5.74) is 3.57. The average molecular weight is 390 g/mol. The second-order valence-corrected chi connectivity index (χ2v) is 8.99. The molecule has 26 heavy (non-hydrogen) atoms. The maximum absolute atomic E-state index is 12.4. The first-order valence-electron chi connectivity index (χ1n) is 7.85. The molecule has 0 spiro atoms. The Morgan fingerprint density at radius 1 is 1.08 bits per heavy atom. The number of aryl methyl sites for hydroxylation is 2. The molecule has 0 unspecified atom stereocenters. The maximum Gasteiger partial charge on any atom is 0.251 e. The molecule has 7 nitrogen and oxygen atoms in total. The molecule has 3 aromatic rings. The van der Waals surface area contributed by atoms with Gasteiger partial charge in [-0.05, 0) is 51.2 Å². The van der Waals surface area contributed by atoms with Crippen LogP contribution < -0.4 is 10.0 Å². The number of amides is 1. The van der Waals surface area contributed by atoms with E-state index in [1.54, 1.807) is 24.3 Å². The smallest absolute Gasteiger partial charge is 0.251 e. The van der Waals surface area contributed by atoms with E-state index in [1.807, 2.05) is 13.8 Å². The lowest BCUT2D eigenvalue weighted by molar-refractivity contribution is 0.0951. The van der Waals surface area contributed by atoms with Gasteiger partial charge >= 0.3 is 0 Å². The third-order valence-electron chi connectivity index (χ3n) is 3.93. The van der Waals surface area contributed by atoms with E-state index in [9.17, 15) is 13.2 Å². The van der Waals surface area contributed by atoms with Crippen LogP contribution >= 0.6 is 11.3 Å². The first kappa shape index (κ1) is 18.4. The monoisotopic (exact) mass is 390 g/mol. The molecule has 2 aromatic heterocycles. The van der Waals surface area contributed by atoms with Crippen LogP contribution in [0.3, 0.4) is 0 Å². The van der Waals surface area contributed by atoms with Gasteiger partial charge in [-0.2, -0.15) is 0 Å². The van der Waals surface area contributed by atoms with Gasteiger partial charge in [-0.15, -0.1) is 11.3 Å². The predicted octanol–water partition coefficient (Wildman–Crippen LogP) is 2.15. The molecule has 0 radical (unpaired) electrons. The van der Waals surface area contributed by atoms with Crippen molar-refractivity contribution in [3.05, 3.63) is 52.2 Å². The summed E-state index contributed by atoms with van der Waals surface area (Å²) in [5.74, 6) is -0.252. The lowest BCUT2D eigenvalue weighted by Gasteiger charge is -2.06. The molecular formula is C17H18N4O3S2. The number of fused-ring (bicyclic) bond motifs is 1. The van der Waals surface area contributed by atoms with E-state index in [0.717, 1.165) is 33.1 Å². The topological polar surface area (TPSA) is 101 Å². The van der Waals surface area contributed by atoms with E-state index in [1.165, 1.54) is 13.1 Å². The van der Waals surface area contributed by atoms with Crippen molar-refractivity contribution in [2.24, 2.45) is 0 Å². The van der Waals surface area contributed by atoms with Crippen LogP contribution in [0.25, 0.3) is 11.0 Å². The number of rotatable bonds is 5. The van der Waals surface area contributed by atoms with Crippen molar-refractivity contribution in [2.45, 2.75) is 24.6 Å². The summed E-state index contributed by atoms with van der Waals surface area (Å²) in [4.78, 5) is 22.0. The third kappa shape index (κ3) is 3.74. The molecule has 9 heteroatoms. The molecule has 2 heterocycles. The summed E-state index contributed by atoms with van der Waals surface area (Å²) in [5, 5.41) is 2.80. The van der Waals surface area contributed by atoms with Gasteiger partial charge < -0.3 is 5.32 Å². The zero-order chi connectivity index (χ0) is 18.9. The zero-order valence-corrected chi connectivity index (χ0v) is 16.2. The highest BCUT2D eigenvalue weighted by molar-refractivity contribution is 7.91. The third-order valence-corrected chi connectivity index (χ3v) is 6.92. The molecule has 136 valence electrons. The van der Waals surface area contributed by atoms with Gasteiger partial charge in [-0.3, -0.25) is 4.79 Å². The number of thiophene rings is 1. The molecule has 1 amide bonds. The largest absolute Gasteiger partial charge is 0.347 e. The number of benzene rings is 1. The molecule has 0 saturated carbocycles. The number of nitrogens with zero attached hydrogens (tertiary/aromatic N) is 2. The fraction of sp³-hybridized carbons (Fsp3) is 0.235. The number of carbonyl (C=O) groups excluding carboxylic acids is 1. The van der Waals surface area contributed by atoms with Gasteiger partial charge in [-0.25, -0.2) is 23.1 Å². The van der Waals surface area contributed by atoms with Crippen molar-refractivity contribution >= 4 is 38.3 Å². The second-order valence-electron chi connectivity index (χ2n) is 5.71. The molecule has 2 N–H and O–H groups in total. The van der Waals surface area contributed by atoms with E-state index >= 15 is 0 Å². The molecule has 3 rings (SSSR count). The van der Waals surface area contributed by atoms with Crippen LogP contribution in [0.4, 0.5) is 0 Å². The Morgan fingerprint density at radius 2 is 1.77 bits per heavy atom. The Kier molecular flexibility index (Phi) is 5.03. The number of hydrogen-bond donors (Lipinski definition) is 2. The number of sulfonamides is 1. The summed E-state index contributed by atoms with van der Waals surface area (Å²) < 4.78 is 26.0. The summed E-state index contributed by atoms with van der Waals surface area (Å²) >= 11 is 1.12. The SMILES string of the molecule is CNS(=O)(=O)c1ccc(CNC(=O)c2ccc3nc(C)c(C)nc3c2)s1. The fourth-order valence-corrected chi connectivity index (χ4v) is 4.47. The maximum atomic E-state index is 12.4. The van der Waals surface area contributed by atoms with Crippen LogP contribution in [0.2, 0.25) is 0 Å². The molecule has 1 aromatic carbocycles. The van der Waals surface area contributed by atoms with Crippen LogP contribution in [0, 0.1) is 13.8 Å². The van der Waals surface area contributed by atoms with E-state index in [2.05, 4.69) is 20.0 Å². The predicted molar refractivity (Wildman–Crippen MR) is 101 cm³/mol. The summed E-state index contributed by atoms with van der Waals surface area (Å²) in [7, 11) is -2.10. The fourth-order valence-electron chi connectivity index (χ4n) is 2.34. The highest BCUT2D eigenvalue weighted by Gasteiger charge is 2.15. The van der Waals surface area contributed by atoms with Crippen LogP contribution in [0.1, 0.15) is 26.6 Å². The van der Waals surface area contributed by atoms with Gasteiger partial charge in [0.05, 0.1) is 29.0 Å². The minimum absolute atomic E-state index is 0.219. The Morgan fingerprint density at radius 3 is 2.46 bits per heavy atom. The molecule has 0 saturated heterocycles. The van der Waals surface area contributed by atoms with Gasteiger partial charge in [0.2, 0.25) is 10.0 Å². The average Bonchev–Trinajstić information content (AvgIpc) is 3.10. The standard InChI is InChI=1S/C17H18N4O3S2/c1-10-11(2)21-15-8-12(4-6-14(15)20-10)17(22)19-9-13-5-7-16(25-13)26(23,24)18-3/h4-8,18H,9H2,1-3H3,(H,19,22). The van der Waals surface area contributed by atoms with Crippen molar-refractivity contribution in [2.75, 3.05) is 7.05 Å². The van der Waals surface area contributed by atoms with Crippen molar-refractivity contribution in [1.82, 2.24) is 20.0 Å². The van der Waals surface area contributed by atoms with Gasteiger partial charge in [0.1, 0.15) is 4.21 Å². The van der Waals surface area contributed by atoms with Gasteiger partial charge in [0.15, 0.2) is 0 Å². The second kappa shape index (κ2) is 7.10. The number of aromatic nitrogens is 2. The minimum Gasteiger partial charge on any atom is -0.347 e. The quantitative estimate of drug-likeness (QED) is 0.695. The van der Waals surface area contributed by atoms with Crippen molar-refractivity contribution in [1.29, 1.82) is 0 Å². The van der Waals surface area contributed by atoms with Crippen molar-refractivity contribution in [3.8, 4) is 0 Å². The number of nitrogens with one attached hydrogen (secondary N) is 2. The van der Waals surface area contributed by atoms with Crippen LogP contribution in [0.15, 0.2) is 34.5 Å². The van der Waals surface area contributed by atoms with E-state index < -0.39 is 10.0 Å². The summed E-state index contributed by atoms with van der Waals surface area (Å²) in [6.07, 6.45) is 0. The van der Waals surface area contributed by atoms with Crippen LogP contribution in [-0.4, -0.2) is 31.3 Å². The van der Waals surface area contributed by atoms with E-state index in [4.69, 9.17) is 0 Å². The highest BCUT2D eigenvalue weighted by Crippen LogP contribution is 2.21. The minimum atomic E-state index is -3.46. The van der Waals surface area contributed by atoms with Crippen LogP contribution in [-0.2, 0) is 16.6 Å². The first-order valence-corrected chi connectivity index (χ1v) is 10.2. The van der Waals surface area contributed by atoms with Crippen molar-refractivity contribution < 1.29 is 13.2 Å². The summed E-state index contributed by atoms with van der Waals surface area (Å²) in [6.45, 7) is 4.02. The number of hydrogen-bond acceptors (Lipinski definition) is 6. The molecule has 0 fully saturated rings. The van der Waals surface area contributed by atoms with Gasteiger partial charge in [-0.1, -0.05) is 0 Å². The Balaban J connectivity index is 1.74. The van der Waals surface area contributed by atoms with Crippen LogP contribution in [0.5, 0.6) is 0 Å². The Hall–Kier alpha value is -2.36. The van der Waals surface area contributed by atoms with Crippen molar-refractivity contribution in [3.63, 3.8) is 0 Å². The zero-order valence-electron chi connectivity index (χ0n) is 14.5. The molecule has 0 aliphatic heterocycles. The lowest BCUT2D eigenvalue weighted by Crippen LogP contribution is -2.22. The van der Waals surface area contributed by atoms with E-state index in [0.29, 0.717) is 11.1 Å². The normalized spacial score (nSPS) is 11.7. The molecule has 0 bridgehead atoms. The Labute approximate surface area is 155 Å².